The fraction of sp³-hybridized carbons (Fsp3) is 0.300. The molecule has 2 rings (SSSR count). The lowest BCUT2D eigenvalue weighted by Gasteiger charge is -2.31. The predicted molar refractivity (Wildman–Crippen MR) is 58.9 cm³/mol. The lowest BCUT2D eigenvalue weighted by molar-refractivity contribution is 0.0929. The number of thioether (sulfide) groups is 1. The van der Waals surface area contributed by atoms with Crippen molar-refractivity contribution in [2.24, 2.45) is 0 Å². The van der Waals surface area contributed by atoms with Crippen LogP contribution >= 0.6 is 23.4 Å². The van der Waals surface area contributed by atoms with Gasteiger partial charge in [-0.1, -0.05) is 29.4 Å². The van der Waals surface area contributed by atoms with Crippen LogP contribution in [0.25, 0.3) is 0 Å². The van der Waals surface area contributed by atoms with Gasteiger partial charge in [-0.25, -0.2) is 0 Å². The number of rotatable bonds is 0. The first-order valence-electron chi connectivity index (χ1n) is 4.30. The maximum Gasteiger partial charge on any atom is 0.253 e. The lowest BCUT2D eigenvalue weighted by atomic mass is 10.2. The zero-order valence-corrected chi connectivity index (χ0v) is 9.50. The number of fused-ring (bicyclic) bond motifs is 1. The average molecular weight is 228 g/mol. The van der Waals surface area contributed by atoms with Crippen molar-refractivity contribution in [3.05, 3.63) is 28.8 Å². The third kappa shape index (κ3) is 1.62. The van der Waals surface area contributed by atoms with Crippen LogP contribution in [-0.2, 0) is 0 Å². The fourth-order valence-electron chi connectivity index (χ4n) is 1.41. The van der Waals surface area contributed by atoms with Crippen molar-refractivity contribution in [3.63, 3.8) is 0 Å². The van der Waals surface area contributed by atoms with Gasteiger partial charge in [0.1, 0.15) is 0 Å². The molecule has 0 bridgehead atoms. The second kappa shape index (κ2) is 3.17. The molecule has 1 aliphatic rings. The van der Waals surface area contributed by atoms with E-state index in [0.717, 1.165) is 4.90 Å². The molecule has 4 heteroatoms. The molecule has 0 unspecified atom stereocenters. The van der Waals surface area contributed by atoms with Crippen molar-refractivity contribution in [1.82, 2.24) is 5.32 Å². The summed E-state index contributed by atoms with van der Waals surface area (Å²) in [5, 5.41) is 3.55. The Morgan fingerprint density at radius 3 is 2.86 bits per heavy atom. The van der Waals surface area contributed by atoms with Gasteiger partial charge in [-0.15, -0.1) is 0 Å². The van der Waals surface area contributed by atoms with E-state index in [-0.39, 0.29) is 10.8 Å². The van der Waals surface area contributed by atoms with Crippen LogP contribution in [-0.4, -0.2) is 10.8 Å². The minimum atomic E-state index is -0.283. The third-order valence-corrected chi connectivity index (χ3v) is 3.67. The summed E-state index contributed by atoms with van der Waals surface area (Å²) in [6.07, 6.45) is 0. The Hall–Kier alpha value is -0.670. The number of carbonyl (C=O) groups is 1. The van der Waals surface area contributed by atoms with E-state index in [9.17, 15) is 4.79 Å². The van der Waals surface area contributed by atoms with Gasteiger partial charge in [-0.05, 0) is 26.0 Å². The van der Waals surface area contributed by atoms with E-state index in [2.05, 4.69) is 5.32 Å². The van der Waals surface area contributed by atoms with Crippen LogP contribution < -0.4 is 5.32 Å². The van der Waals surface area contributed by atoms with Crippen LogP contribution in [0, 0.1) is 0 Å². The first-order chi connectivity index (χ1) is 6.49. The topological polar surface area (TPSA) is 29.1 Å². The Morgan fingerprint density at radius 1 is 1.43 bits per heavy atom. The highest BCUT2D eigenvalue weighted by Gasteiger charge is 2.31. The average Bonchev–Trinajstić information content (AvgIpc) is 2.05. The Morgan fingerprint density at radius 2 is 2.14 bits per heavy atom. The molecule has 1 aromatic carbocycles. The van der Waals surface area contributed by atoms with Crippen molar-refractivity contribution in [2.75, 3.05) is 0 Å². The third-order valence-electron chi connectivity index (χ3n) is 1.98. The zero-order chi connectivity index (χ0) is 10.3. The number of halogens is 1. The monoisotopic (exact) mass is 227 g/mol. The van der Waals surface area contributed by atoms with E-state index in [4.69, 9.17) is 11.6 Å². The molecule has 1 aromatic rings. The van der Waals surface area contributed by atoms with Crippen molar-refractivity contribution < 1.29 is 4.79 Å². The minimum Gasteiger partial charge on any atom is -0.338 e. The summed E-state index contributed by atoms with van der Waals surface area (Å²) in [5.74, 6) is -0.0498. The van der Waals surface area contributed by atoms with Gasteiger partial charge in [0.15, 0.2) is 0 Å². The molecular formula is C10H10ClNOS. The van der Waals surface area contributed by atoms with Gasteiger partial charge in [0, 0.05) is 4.90 Å². The quantitative estimate of drug-likeness (QED) is 0.739. The number of hydrogen-bond acceptors (Lipinski definition) is 2. The number of benzene rings is 1. The van der Waals surface area contributed by atoms with E-state index in [0.29, 0.717) is 10.6 Å². The van der Waals surface area contributed by atoms with Crippen LogP contribution in [0.15, 0.2) is 23.1 Å². The van der Waals surface area contributed by atoms with E-state index in [1.54, 1.807) is 23.9 Å². The first kappa shape index (κ1) is 9.87. The summed E-state index contributed by atoms with van der Waals surface area (Å²) in [6, 6.07) is 5.39. The number of carbonyl (C=O) groups excluding carboxylic acids is 1. The highest BCUT2D eigenvalue weighted by Crippen LogP contribution is 2.40. The normalized spacial score (nSPS) is 18.6. The van der Waals surface area contributed by atoms with Gasteiger partial charge < -0.3 is 5.32 Å². The number of nitrogens with one attached hydrogen (secondary N) is 1. The van der Waals surface area contributed by atoms with Gasteiger partial charge in [0.25, 0.3) is 5.91 Å². The van der Waals surface area contributed by atoms with Crippen LogP contribution in [0.4, 0.5) is 0 Å². The van der Waals surface area contributed by atoms with Gasteiger partial charge in [0.2, 0.25) is 0 Å². The number of hydrogen-bond donors (Lipinski definition) is 1. The minimum absolute atomic E-state index is 0.0498. The summed E-state index contributed by atoms with van der Waals surface area (Å²) in [6.45, 7) is 3.92. The Bertz CT molecular complexity index is 403. The molecule has 0 aromatic heterocycles. The molecule has 2 nitrogen and oxygen atoms in total. The molecule has 1 heterocycles. The van der Waals surface area contributed by atoms with E-state index >= 15 is 0 Å². The van der Waals surface area contributed by atoms with Crippen molar-refractivity contribution in [2.45, 2.75) is 23.6 Å². The Balaban J connectivity index is 2.56. The molecule has 0 spiro atoms. The van der Waals surface area contributed by atoms with E-state index < -0.39 is 0 Å². The summed E-state index contributed by atoms with van der Waals surface area (Å²) >= 11 is 7.61. The second-order valence-corrected chi connectivity index (χ2v) is 5.72. The molecule has 74 valence electrons. The number of amides is 1. The fourth-order valence-corrected chi connectivity index (χ4v) is 2.79. The molecule has 0 saturated carbocycles. The maximum absolute atomic E-state index is 11.7. The molecule has 1 amide bonds. The van der Waals surface area contributed by atoms with E-state index in [1.807, 2.05) is 19.9 Å². The Kier molecular flexibility index (Phi) is 2.24. The molecule has 0 fully saturated rings. The largest absolute Gasteiger partial charge is 0.338 e. The predicted octanol–water partition coefficient (Wildman–Crippen LogP) is 2.91. The Labute approximate surface area is 92.0 Å². The summed E-state index contributed by atoms with van der Waals surface area (Å²) < 4.78 is 0. The van der Waals surface area contributed by atoms with Crippen LogP contribution in [0.2, 0.25) is 5.02 Å². The standard InChI is InChI=1S/C10H10ClNOS/c1-10(2)12-9(13)6-4-3-5-7(11)8(6)14-10/h3-5H,1-2H3,(H,12,13). The van der Waals surface area contributed by atoms with Crippen LogP contribution in [0.5, 0.6) is 0 Å². The van der Waals surface area contributed by atoms with Crippen molar-refractivity contribution >= 4 is 29.3 Å². The molecule has 1 N–H and O–H groups in total. The van der Waals surface area contributed by atoms with Crippen molar-refractivity contribution in [1.29, 1.82) is 0 Å². The highest BCUT2D eigenvalue weighted by molar-refractivity contribution is 8.00. The first-order valence-corrected chi connectivity index (χ1v) is 5.49. The molecule has 0 radical (unpaired) electrons. The zero-order valence-electron chi connectivity index (χ0n) is 7.93. The molecule has 14 heavy (non-hydrogen) atoms. The van der Waals surface area contributed by atoms with Gasteiger partial charge in [0.05, 0.1) is 15.5 Å². The van der Waals surface area contributed by atoms with Crippen LogP contribution in [0.3, 0.4) is 0 Å². The van der Waals surface area contributed by atoms with Gasteiger partial charge in [-0.2, -0.15) is 0 Å². The van der Waals surface area contributed by atoms with Gasteiger partial charge >= 0.3 is 0 Å². The van der Waals surface area contributed by atoms with Gasteiger partial charge in [-0.3, -0.25) is 4.79 Å². The van der Waals surface area contributed by atoms with Crippen LogP contribution in [0.1, 0.15) is 24.2 Å². The SMILES string of the molecule is CC1(C)NC(=O)c2cccc(Cl)c2S1. The summed E-state index contributed by atoms with van der Waals surface area (Å²) in [7, 11) is 0. The smallest absolute Gasteiger partial charge is 0.253 e. The van der Waals surface area contributed by atoms with Crippen molar-refractivity contribution in [3.8, 4) is 0 Å². The van der Waals surface area contributed by atoms with E-state index in [1.165, 1.54) is 0 Å². The molecule has 0 saturated heterocycles. The lowest BCUT2D eigenvalue weighted by Crippen LogP contribution is -2.43. The summed E-state index contributed by atoms with van der Waals surface area (Å²) in [5.41, 5.74) is 0.668. The highest BCUT2D eigenvalue weighted by atomic mass is 35.5. The molecule has 1 aliphatic heterocycles. The maximum atomic E-state index is 11.7. The molecular weight excluding hydrogens is 218 g/mol. The molecule has 0 aliphatic carbocycles. The molecule has 0 atom stereocenters. The summed E-state index contributed by atoms with van der Waals surface area (Å²) in [4.78, 5) is 12.3. The second-order valence-electron chi connectivity index (χ2n) is 3.68.